The maximum absolute atomic E-state index is 13.9. The molecule has 164 valence electrons. The Morgan fingerprint density at radius 3 is 2.75 bits per heavy atom. The minimum atomic E-state index is -0.827. The topological polar surface area (TPSA) is 76.5 Å². The molecule has 0 radical (unpaired) electrons. The van der Waals surface area contributed by atoms with Crippen LogP contribution in [0, 0.1) is 0 Å². The zero-order valence-electron chi connectivity index (χ0n) is 18.4. The molecule has 7 nitrogen and oxygen atoms in total. The third-order valence-corrected chi connectivity index (χ3v) is 7.46. The first-order chi connectivity index (χ1) is 15.5. The molecule has 0 bridgehead atoms. The second-order valence-electron chi connectivity index (χ2n) is 9.14. The number of carbonyl (C=O) groups excluding carboxylic acids is 1. The van der Waals surface area contributed by atoms with E-state index in [1.807, 2.05) is 42.7 Å². The van der Waals surface area contributed by atoms with E-state index in [-0.39, 0.29) is 24.3 Å². The molecule has 1 fully saturated rings. The van der Waals surface area contributed by atoms with Gasteiger partial charge in [-0.15, -0.1) is 0 Å². The van der Waals surface area contributed by atoms with Gasteiger partial charge in [-0.2, -0.15) is 0 Å². The largest absolute Gasteiger partial charge is 0.460 e. The predicted octanol–water partition coefficient (Wildman–Crippen LogP) is 2.55. The van der Waals surface area contributed by atoms with Crippen LogP contribution in [0.25, 0.3) is 22.3 Å². The molecule has 7 heteroatoms. The van der Waals surface area contributed by atoms with E-state index in [4.69, 9.17) is 9.72 Å². The first-order valence-electron chi connectivity index (χ1n) is 11.3. The van der Waals surface area contributed by atoms with Crippen LogP contribution in [0.15, 0.2) is 41.2 Å². The zero-order chi connectivity index (χ0) is 22.0. The number of aromatic nitrogens is 2. The third-order valence-electron chi connectivity index (χ3n) is 7.46. The molecule has 0 spiro atoms. The number of esters is 1. The van der Waals surface area contributed by atoms with E-state index in [1.165, 1.54) is 0 Å². The van der Waals surface area contributed by atoms with Gasteiger partial charge in [0.25, 0.3) is 5.56 Å². The van der Waals surface area contributed by atoms with Crippen molar-refractivity contribution in [1.82, 2.24) is 19.8 Å². The number of hydrogen-bond acceptors (Lipinski definition) is 6. The number of pyridine rings is 2. The van der Waals surface area contributed by atoms with Crippen molar-refractivity contribution in [2.45, 2.75) is 38.5 Å². The van der Waals surface area contributed by atoms with E-state index in [1.54, 1.807) is 0 Å². The standard InChI is InChI=1S/C25H26N4O3/c1-3-25(2)18-13-20-21-16(12-15-6-4-5-7-19(15)27-21)22(28-10-8-26-9-11-28)29(20)23(30)17(18)14-32-24(25)31/h4-7,12-13,22,26H,3,8-11,14H2,1-2H3/t22?,25-/m1/s1. The lowest BCUT2D eigenvalue weighted by Gasteiger charge is -2.36. The Kier molecular flexibility index (Phi) is 4.29. The second kappa shape index (κ2) is 6.98. The van der Waals surface area contributed by atoms with Gasteiger partial charge in [-0.25, -0.2) is 4.98 Å². The van der Waals surface area contributed by atoms with Gasteiger partial charge >= 0.3 is 5.97 Å². The first-order valence-corrected chi connectivity index (χ1v) is 11.3. The Morgan fingerprint density at radius 2 is 1.97 bits per heavy atom. The van der Waals surface area contributed by atoms with E-state index in [0.29, 0.717) is 12.0 Å². The number of hydrogen-bond donors (Lipinski definition) is 1. The molecule has 1 saturated heterocycles. The Hall–Kier alpha value is -3.03. The molecular weight excluding hydrogens is 404 g/mol. The third kappa shape index (κ3) is 2.58. The van der Waals surface area contributed by atoms with Crippen molar-refractivity contribution < 1.29 is 9.53 Å². The van der Waals surface area contributed by atoms with Crippen LogP contribution in [-0.2, 0) is 21.6 Å². The maximum Gasteiger partial charge on any atom is 0.316 e. The van der Waals surface area contributed by atoms with Crippen LogP contribution >= 0.6 is 0 Å². The van der Waals surface area contributed by atoms with E-state index in [0.717, 1.165) is 59.6 Å². The molecule has 1 unspecified atom stereocenters. The molecule has 32 heavy (non-hydrogen) atoms. The molecule has 3 aliphatic rings. The lowest BCUT2D eigenvalue weighted by molar-refractivity contribution is -0.153. The van der Waals surface area contributed by atoms with Crippen molar-refractivity contribution in [3.05, 3.63) is 63.4 Å². The fraction of sp³-hybridized carbons (Fsp3) is 0.400. The predicted molar refractivity (Wildman–Crippen MR) is 121 cm³/mol. The number of ether oxygens (including phenoxy) is 1. The monoisotopic (exact) mass is 430 g/mol. The summed E-state index contributed by atoms with van der Waals surface area (Å²) in [6.07, 6.45) is 0.364. The number of para-hydroxylation sites is 1. The van der Waals surface area contributed by atoms with E-state index >= 15 is 0 Å². The summed E-state index contributed by atoms with van der Waals surface area (Å²) in [4.78, 5) is 34.0. The van der Waals surface area contributed by atoms with Crippen LogP contribution in [-0.4, -0.2) is 46.6 Å². The molecular formula is C25H26N4O3. The minimum absolute atomic E-state index is 0.0306. The van der Waals surface area contributed by atoms with Crippen molar-refractivity contribution in [1.29, 1.82) is 0 Å². The lowest BCUT2D eigenvalue weighted by atomic mass is 9.76. The quantitative estimate of drug-likeness (QED) is 0.630. The number of cyclic esters (lactones) is 1. The molecule has 5 heterocycles. The molecule has 1 N–H and O–H groups in total. The summed E-state index contributed by atoms with van der Waals surface area (Å²) in [5, 5.41) is 4.47. The van der Waals surface area contributed by atoms with Gasteiger partial charge in [-0.1, -0.05) is 25.1 Å². The van der Waals surface area contributed by atoms with Crippen LogP contribution in [0.4, 0.5) is 0 Å². The average Bonchev–Trinajstić information content (AvgIpc) is 3.14. The Balaban J connectivity index is 1.66. The number of nitrogens with one attached hydrogen (secondary N) is 1. The molecule has 3 aromatic rings. The van der Waals surface area contributed by atoms with Gasteiger partial charge < -0.3 is 10.1 Å². The van der Waals surface area contributed by atoms with Crippen molar-refractivity contribution >= 4 is 16.9 Å². The fourth-order valence-corrected chi connectivity index (χ4v) is 5.42. The van der Waals surface area contributed by atoms with Crippen LogP contribution < -0.4 is 10.9 Å². The highest BCUT2D eigenvalue weighted by molar-refractivity contribution is 5.87. The summed E-state index contributed by atoms with van der Waals surface area (Å²) in [7, 11) is 0. The van der Waals surface area contributed by atoms with Crippen LogP contribution in [0.5, 0.6) is 0 Å². The zero-order valence-corrected chi connectivity index (χ0v) is 18.4. The SMILES string of the molecule is CC[C@@]1(C)C(=O)OCc2c1cc1n(c2=O)C(N2CCNCC2)c2cc3ccccc3nc2-1. The van der Waals surface area contributed by atoms with Crippen molar-refractivity contribution in [3.8, 4) is 11.4 Å². The van der Waals surface area contributed by atoms with Crippen LogP contribution in [0.1, 0.15) is 43.1 Å². The number of piperazine rings is 1. The molecule has 0 saturated carbocycles. The summed E-state index contributed by atoms with van der Waals surface area (Å²) in [5.74, 6) is -0.264. The molecule has 1 aromatic carbocycles. The van der Waals surface area contributed by atoms with Crippen LogP contribution in [0.3, 0.4) is 0 Å². The lowest BCUT2D eigenvalue weighted by Crippen LogP contribution is -2.49. The smallest absolute Gasteiger partial charge is 0.316 e. The molecule has 0 amide bonds. The van der Waals surface area contributed by atoms with Gasteiger partial charge in [0.1, 0.15) is 12.8 Å². The van der Waals surface area contributed by atoms with Gasteiger partial charge in [0, 0.05) is 37.1 Å². The molecule has 3 aliphatic heterocycles. The average molecular weight is 431 g/mol. The number of nitrogens with zero attached hydrogens (tertiary/aromatic N) is 3. The maximum atomic E-state index is 13.9. The van der Waals surface area contributed by atoms with Crippen molar-refractivity contribution in [2.75, 3.05) is 26.2 Å². The summed E-state index contributed by atoms with van der Waals surface area (Å²) in [6, 6.07) is 12.3. The van der Waals surface area contributed by atoms with E-state index in [2.05, 4.69) is 22.3 Å². The van der Waals surface area contributed by atoms with Gasteiger partial charge in [0.05, 0.1) is 27.9 Å². The normalized spacial score (nSPS) is 24.7. The van der Waals surface area contributed by atoms with Gasteiger partial charge in [0.2, 0.25) is 0 Å². The highest BCUT2D eigenvalue weighted by Crippen LogP contribution is 2.44. The second-order valence-corrected chi connectivity index (χ2v) is 9.14. The highest BCUT2D eigenvalue weighted by atomic mass is 16.5. The molecule has 2 aromatic heterocycles. The Labute approximate surface area is 186 Å². The molecule has 0 aliphatic carbocycles. The molecule has 6 rings (SSSR count). The Morgan fingerprint density at radius 1 is 1.19 bits per heavy atom. The number of rotatable bonds is 2. The van der Waals surface area contributed by atoms with Gasteiger partial charge in [0.15, 0.2) is 0 Å². The summed E-state index contributed by atoms with van der Waals surface area (Å²) in [5.41, 5.74) is 4.07. The number of benzene rings is 1. The van der Waals surface area contributed by atoms with E-state index in [9.17, 15) is 9.59 Å². The summed E-state index contributed by atoms with van der Waals surface area (Å²) in [6.45, 7) is 7.33. The minimum Gasteiger partial charge on any atom is -0.460 e. The first kappa shape index (κ1) is 19.6. The molecule has 2 atom stereocenters. The summed E-state index contributed by atoms with van der Waals surface area (Å²) < 4.78 is 7.37. The highest BCUT2D eigenvalue weighted by Gasteiger charge is 2.45. The number of carbonyl (C=O) groups is 1. The fourth-order valence-electron chi connectivity index (χ4n) is 5.42. The Bertz CT molecular complexity index is 1320. The van der Waals surface area contributed by atoms with E-state index < -0.39 is 5.41 Å². The van der Waals surface area contributed by atoms with Gasteiger partial charge in [-0.3, -0.25) is 19.1 Å². The van der Waals surface area contributed by atoms with Crippen molar-refractivity contribution in [2.24, 2.45) is 0 Å². The van der Waals surface area contributed by atoms with Crippen LogP contribution in [0.2, 0.25) is 0 Å². The summed E-state index contributed by atoms with van der Waals surface area (Å²) >= 11 is 0. The number of fused-ring (bicyclic) bond motifs is 5. The van der Waals surface area contributed by atoms with Gasteiger partial charge in [-0.05, 0) is 37.1 Å². The van der Waals surface area contributed by atoms with Crippen molar-refractivity contribution in [3.63, 3.8) is 0 Å².